The van der Waals surface area contributed by atoms with Crippen LogP contribution in [0.4, 0.5) is 4.79 Å². The number of carbonyl (C=O) groups is 4. The van der Waals surface area contributed by atoms with Gasteiger partial charge in [-0.25, -0.2) is 4.79 Å². The van der Waals surface area contributed by atoms with E-state index in [0.29, 0.717) is 69.2 Å². The third kappa shape index (κ3) is 9.54. The van der Waals surface area contributed by atoms with Gasteiger partial charge in [0.15, 0.2) is 5.69 Å². The summed E-state index contributed by atoms with van der Waals surface area (Å²) in [4.78, 5) is 60.5. The number of aryl methyl sites for hydroxylation is 2. The van der Waals surface area contributed by atoms with Gasteiger partial charge in [0.05, 0.1) is 12.2 Å². The molecule has 1 aromatic heterocycles. The van der Waals surface area contributed by atoms with Gasteiger partial charge in [-0.15, -0.1) is 0 Å². The normalized spacial score (nSPS) is 19.3. The number of likely N-dealkylation sites (N-methyl/N-ethyl adjacent to an activating group) is 2. The summed E-state index contributed by atoms with van der Waals surface area (Å²) in [5, 5.41) is 4.41. The van der Waals surface area contributed by atoms with Crippen molar-refractivity contribution in [3.8, 4) is 5.75 Å². The second-order valence-corrected chi connectivity index (χ2v) is 14.8. The molecular weight excluding hydrogens is 624 g/mol. The average molecular weight is 681 g/mol. The van der Waals surface area contributed by atoms with E-state index in [1.807, 2.05) is 46.8 Å². The van der Waals surface area contributed by atoms with Gasteiger partial charge in [0.2, 0.25) is 5.91 Å². The summed E-state index contributed by atoms with van der Waals surface area (Å²) in [6.07, 6.45) is 4.73. The molecule has 1 atom stereocenters. The van der Waals surface area contributed by atoms with Crippen molar-refractivity contribution >= 4 is 23.8 Å². The summed E-state index contributed by atoms with van der Waals surface area (Å²) in [5.41, 5.74) is 0.996. The predicted octanol–water partition coefficient (Wildman–Crippen LogP) is 5.24. The Labute approximate surface area is 291 Å². The molecule has 2 aromatic rings. The van der Waals surface area contributed by atoms with Crippen molar-refractivity contribution in [3.63, 3.8) is 0 Å². The molecule has 2 aliphatic heterocycles. The molecular formula is C37H56N6O6. The fourth-order valence-corrected chi connectivity index (χ4v) is 6.74. The van der Waals surface area contributed by atoms with Gasteiger partial charge in [-0.2, -0.15) is 5.10 Å². The second-order valence-electron chi connectivity index (χ2n) is 14.8. The minimum Gasteiger partial charge on any atom is -0.492 e. The Balaban J connectivity index is 1.48. The van der Waals surface area contributed by atoms with Crippen molar-refractivity contribution in [3.05, 3.63) is 47.3 Å². The number of benzene rings is 1. The smallest absolute Gasteiger partial charge is 0.410 e. The molecule has 2 aliphatic rings. The first-order valence-corrected chi connectivity index (χ1v) is 17.7. The minimum absolute atomic E-state index is 0.127. The topological polar surface area (TPSA) is 118 Å². The van der Waals surface area contributed by atoms with E-state index in [-0.39, 0.29) is 29.2 Å². The third-order valence-corrected chi connectivity index (χ3v) is 9.84. The number of hydrogen-bond acceptors (Lipinski definition) is 7. The Morgan fingerprint density at radius 3 is 2.41 bits per heavy atom. The molecule has 49 heavy (non-hydrogen) atoms. The standard InChI is InChI=1S/C37H56N6O6/c1-9-43-27(2)25-29(38-43)33(45)39(6)22-14-16-30-34(46)40(7)21-13-12-18-37(19-23-42(24-20-37)35(47)49-36(3,4)5)26-48-31-17-11-10-15-28(31)32(44)41(30)8/h10-11,15,17,25,30H,9,12-14,16,18-24,26H2,1-8H3/t30-/m0/s1. The van der Waals surface area contributed by atoms with Crippen LogP contribution in [0.5, 0.6) is 5.75 Å². The number of aromatic nitrogens is 2. The first-order valence-electron chi connectivity index (χ1n) is 17.7. The highest BCUT2D eigenvalue weighted by Gasteiger charge is 2.39. The Kier molecular flexibility index (Phi) is 12.4. The van der Waals surface area contributed by atoms with Crippen molar-refractivity contribution in [2.45, 2.75) is 97.8 Å². The third-order valence-electron chi connectivity index (χ3n) is 9.84. The molecule has 1 spiro atoms. The summed E-state index contributed by atoms with van der Waals surface area (Å²) in [6.45, 7) is 12.8. The second kappa shape index (κ2) is 16.1. The van der Waals surface area contributed by atoms with Gasteiger partial charge in [-0.05, 0) is 91.3 Å². The highest BCUT2D eigenvalue weighted by Crippen LogP contribution is 2.38. The van der Waals surface area contributed by atoms with E-state index in [1.165, 1.54) is 4.90 Å². The van der Waals surface area contributed by atoms with Crippen LogP contribution < -0.4 is 4.74 Å². The number of ether oxygens (including phenoxy) is 2. The monoisotopic (exact) mass is 680 g/mol. The zero-order chi connectivity index (χ0) is 35.9. The summed E-state index contributed by atoms with van der Waals surface area (Å²) in [6, 6.07) is 8.29. The first-order chi connectivity index (χ1) is 23.1. The zero-order valence-corrected chi connectivity index (χ0v) is 30.8. The number of rotatable bonds is 6. The molecule has 1 aromatic carbocycles. The molecule has 3 heterocycles. The number of likely N-dealkylation sites (tertiary alicyclic amines) is 1. The fourth-order valence-electron chi connectivity index (χ4n) is 6.74. The lowest BCUT2D eigenvalue weighted by atomic mass is 9.75. The van der Waals surface area contributed by atoms with Gasteiger partial charge in [-0.3, -0.25) is 19.1 Å². The lowest BCUT2D eigenvalue weighted by molar-refractivity contribution is -0.134. The molecule has 270 valence electrons. The molecule has 12 nitrogen and oxygen atoms in total. The number of amides is 4. The molecule has 0 saturated carbocycles. The van der Waals surface area contributed by atoms with Gasteiger partial charge < -0.3 is 29.1 Å². The number of fused-ring (bicyclic) bond motifs is 1. The van der Waals surface area contributed by atoms with Crippen LogP contribution in [-0.4, -0.2) is 119 Å². The number of nitrogens with zero attached hydrogens (tertiary/aromatic N) is 6. The van der Waals surface area contributed by atoms with Gasteiger partial charge in [-0.1, -0.05) is 18.6 Å². The molecule has 1 saturated heterocycles. The van der Waals surface area contributed by atoms with E-state index in [2.05, 4.69) is 5.10 Å². The number of carbonyl (C=O) groups excluding carboxylic acids is 4. The maximum atomic E-state index is 14.1. The van der Waals surface area contributed by atoms with Crippen molar-refractivity contribution in [2.75, 3.05) is 53.9 Å². The molecule has 1 fully saturated rings. The van der Waals surface area contributed by atoms with E-state index >= 15 is 0 Å². The Bertz CT molecular complexity index is 1470. The Morgan fingerprint density at radius 1 is 1.06 bits per heavy atom. The SMILES string of the molecule is CCn1nc(C(=O)N(C)CCC[C@H]2C(=O)N(C)CCCCC3(CCN(C(=O)OC(C)(C)C)CC3)COc3ccccc3C(=O)N2C)cc1C. The van der Waals surface area contributed by atoms with Crippen LogP contribution in [0.25, 0.3) is 0 Å². The highest BCUT2D eigenvalue weighted by molar-refractivity contribution is 5.99. The average Bonchev–Trinajstić information content (AvgIpc) is 3.45. The Hall–Kier alpha value is -4.09. The molecule has 0 bridgehead atoms. The van der Waals surface area contributed by atoms with E-state index in [9.17, 15) is 19.2 Å². The van der Waals surface area contributed by atoms with Crippen LogP contribution in [0.15, 0.2) is 30.3 Å². The summed E-state index contributed by atoms with van der Waals surface area (Å²) in [5.74, 6) is -0.109. The van der Waals surface area contributed by atoms with Crippen LogP contribution in [-0.2, 0) is 16.1 Å². The summed E-state index contributed by atoms with van der Waals surface area (Å²) < 4.78 is 13.9. The van der Waals surface area contributed by atoms with Crippen LogP contribution in [0.3, 0.4) is 0 Å². The van der Waals surface area contributed by atoms with Crippen molar-refractivity contribution in [2.24, 2.45) is 5.41 Å². The maximum Gasteiger partial charge on any atom is 0.410 e. The first kappa shape index (κ1) is 37.7. The van der Waals surface area contributed by atoms with E-state index in [0.717, 1.165) is 37.8 Å². The molecule has 0 radical (unpaired) electrons. The van der Waals surface area contributed by atoms with E-state index in [1.54, 1.807) is 58.7 Å². The molecule has 12 heteroatoms. The fraction of sp³-hybridized carbons (Fsp3) is 0.649. The lowest BCUT2D eigenvalue weighted by Gasteiger charge is -2.42. The predicted molar refractivity (Wildman–Crippen MR) is 188 cm³/mol. The molecule has 0 unspecified atom stereocenters. The van der Waals surface area contributed by atoms with Gasteiger partial charge in [0.25, 0.3) is 11.8 Å². The van der Waals surface area contributed by atoms with Crippen LogP contribution >= 0.6 is 0 Å². The van der Waals surface area contributed by atoms with Gasteiger partial charge in [0, 0.05) is 65.0 Å². The summed E-state index contributed by atoms with van der Waals surface area (Å²) in [7, 11) is 5.21. The summed E-state index contributed by atoms with van der Waals surface area (Å²) >= 11 is 0. The quantitative estimate of drug-likeness (QED) is 0.410. The lowest BCUT2D eigenvalue weighted by Crippen LogP contribution is -2.49. The van der Waals surface area contributed by atoms with Crippen molar-refractivity contribution in [1.82, 2.24) is 29.4 Å². The number of piperidine rings is 1. The molecule has 4 amide bonds. The van der Waals surface area contributed by atoms with Crippen LogP contribution in [0.1, 0.15) is 99.2 Å². The minimum atomic E-state index is -0.706. The molecule has 4 rings (SSSR count). The van der Waals surface area contributed by atoms with Crippen LogP contribution in [0, 0.1) is 12.3 Å². The van der Waals surface area contributed by atoms with E-state index < -0.39 is 11.6 Å². The number of hydrogen-bond donors (Lipinski definition) is 0. The largest absolute Gasteiger partial charge is 0.492 e. The van der Waals surface area contributed by atoms with E-state index in [4.69, 9.17) is 9.47 Å². The highest BCUT2D eigenvalue weighted by atomic mass is 16.6. The van der Waals surface area contributed by atoms with Crippen LogP contribution in [0.2, 0.25) is 0 Å². The van der Waals surface area contributed by atoms with Crippen molar-refractivity contribution in [1.29, 1.82) is 0 Å². The van der Waals surface area contributed by atoms with Gasteiger partial charge >= 0.3 is 6.09 Å². The Morgan fingerprint density at radius 2 is 1.76 bits per heavy atom. The molecule has 0 N–H and O–H groups in total. The zero-order valence-electron chi connectivity index (χ0n) is 30.8. The van der Waals surface area contributed by atoms with Crippen molar-refractivity contribution < 1.29 is 28.7 Å². The van der Waals surface area contributed by atoms with Gasteiger partial charge in [0.1, 0.15) is 17.4 Å². The number of para-hydroxylation sites is 1. The maximum absolute atomic E-state index is 14.1. The molecule has 0 aliphatic carbocycles.